The highest BCUT2D eigenvalue weighted by atomic mass is 35.5. The molecule has 19 heavy (non-hydrogen) atoms. The molecule has 0 amide bonds. The average Bonchev–Trinajstić information content (AvgIpc) is 2.92. The third-order valence-electron chi connectivity index (χ3n) is 4.30. The summed E-state index contributed by atoms with van der Waals surface area (Å²) in [6.45, 7) is 2.44. The van der Waals surface area contributed by atoms with Crippen LogP contribution in [0.25, 0.3) is 0 Å². The summed E-state index contributed by atoms with van der Waals surface area (Å²) in [5.41, 5.74) is 2.68. The van der Waals surface area contributed by atoms with Crippen molar-refractivity contribution in [2.45, 2.75) is 38.1 Å². The van der Waals surface area contributed by atoms with Crippen molar-refractivity contribution < 1.29 is 4.74 Å². The smallest absolute Gasteiger partial charge is 0.122 e. The highest BCUT2D eigenvalue weighted by Crippen LogP contribution is 2.43. The molecule has 1 aromatic rings. The zero-order valence-corrected chi connectivity index (χ0v) is 12.9. The second kappa shape index (κ2) is 6.34. The van der Waals surface area contributed by atoms with Gasteiger partial charge in [-0.25, -0.2) is 0 Å². The molecule has 0 N–H and O–H groups in total. The quantitative estimate of drug-likeness (QED) is 0.810. The van der Waals surface area contributed by atoms with E-state index in [1.807, 2.05) is 12.1 Å². The molecule has 2 nitrogen and oxygen atoms in total. The van der Waals surface area contributed by atoms with E-state index in [1.54, 1.807) is 7.11 Å². The Morgan fingerprint density at radius 1 is 1.21 bits per heavy atom. The minimum atomic E-state index is 0. The first kappa shape index (κ1) is 15.0. The summed E-state index contributed by atoms with van der Waals surface area (Å²) in [4.78, 5) is 2.60. The van der Waals surface area contributed by atoms with E-state index in [2.05, 4.69) is 4.90 Å². The molecule has 1 aliphatic heterocycles. The molecular weight excluding hydrogens is 281 g/mol. The number of rotatable bonds is 2. The van der Waals surface area contributed by atoms with E-state index >= 15 is 0 Å². The van der Waals surface area contributed by atoms with Gasteiger partial charge in [-0.3, -0.25) is 4.90 Å². The Balaban J connectivity index is 0.00000133. The van der Waals surface area contributed by atoms with Crippen molar-refractivity contribution in [3.63, 3.8) is 0 Å². The maximum Gasteiger partial charge on any atom is 0.122 e. The third-order valence-corrected chi connectivity index (χ3v) is 4.63. The van der Waals surface area contributed by atoms with Gasteiger partial charge in [0.15, 0.2) is 0 Å². The van der Waals surface area contributed by atoms with Gasteiger partial charge in [0, 0.05) is 16.6 Å². The molecule has 1 saturated heterocycles. The van der Waals surface area contributed by atoms with Crippen LogP contribution in [-0.2, 0) is 6.42 Å². The van der Waals surface area contributed by atoms with E-state index in [1.165, 1.54) is 49.9 Å². The molecule has 106 valence electrons. The third kappa shape index (κ3) is 2.72. The molecule has 2 aliphatic rings. The molecule has 4 heteroatoms. The standard InChI is InChI=1S/C15H20ClNO.ClH/c1-18-14-8-7-12(16)15-11(14)5-4-6-13(15)17-9-2-3-10-17;/h7-8,13H,2-6,9-10H2,1H3;1H/t13-;/m0./s1. The fraction of sp³-hybridized carbons (Fsp3) is 0.600. The van der Waals surface area contributed by atoms with Crippen LogP contribution in [0.3, 0.4) is 0 Å². The molecule has 0 unspecified atom stereocenters. The number of halogens is 2. The van der Waals surface area contributed by atoms with Crippen LogP contribution in [0.1, 0.15) is 42.9 Å². The van der Waals surface area contributed by atoms with E-state index < -0.39 is 0 Å². The van der Waals surface area contributed by atoms with Crippen LogP contribution in [0.2, 0.25) is 5.02 Å². The van der Waals surface area contributed by atoms with Crippen LogP contribution in [0.5, 0.6) is 5.75 Å². The lowest BCUT2D eigenvalue weighted by atomic mass is 9.86. The summed E-state index contributed by atoms with van der Waals surface area (Å²) in [5, 5.41) is 0.919. The molecule has 1 fully saturated rings. The van der Waals surface area contributed by atoms with Crippen LogP contribution in [0, 0.1) is 0 Å². The first-order chi connectivity index (χ1) is 8.81. The number of hydrogen-bond donors (Lipinski definition) is 0. The van der Waals surface area contributed by atoms with Gasteiger partial charge in [-0.1, -0.05) is 11.6 Å². The van der Waals surface area contributed by atoms with E-state index in [0.29, 0.717) is 6.04 Å². The van der Waals surface area contributed by atoms with E-state index in [0.717, 1.165) is 17.2 Å². The van der Waals surface area contributed by atoms with Gasteiger partial charge in [-0.05, 0) is 62.9 Å². The van der Waals surface area contributed by atoms with Crippen molar-refractivity contribution in [3.05, 3.63) is 28.3 Å². The average molecular weight is 302 g/mol. The fourth-order valence-electron chi connectivity index (χ4n) is 3.46. The first-order valence-corrected chi connectivity index (χ1v) is 7.28. The lowest BCUT2D eigenvalue weighted by Gasteiger charge is -2.34. The first-order valence-electron chi connectivity index (χ1n) is 6.90. The van der Waals surface area contributed by atoms with Crippen molar-refractivity contribution in [1.82, 2.24) is 4.90 Å². The lowest BCUT2D eigenvalue weighted by Crippen LogP contribution is -2.29. The normalized spacial score (nSPS) is 22.7. The van der Waals surface area contributed by atoms with Crippen LogP contribution < -0.4 is 4.74 Å². The summed E-state index contributed by atoms with van der Waals surface area (Å²) >= 11 is 6.46. The zero-order chi connectivity index (χ0) is 12.5. The number of likely N-dealkylation sites (tertiary alicyclic amines) is 1. The minimum absolute atomic E-state index is 0. The Bertz CT molecular complexity index is 444. The summed E-state index contributed by atoms with van der Waals surface area (Å²) < 4.78 is 5.50. The van der Waals surface area contributed by atoms with E-state index in [-0.39, 0.29) is 12.4 Å². The summed E-state index contributed by atoms with van der Waals surface area (Å²) in [7, 11) is 1.75. The van der Waals surface area contributed by atoms with Gasteiger partial charge in [0.2, 0.25) is 0 Å². The van der Waals surface area contributed by atoms with Crippen LogP contribution in [0.15, 0.2) is 12.1 Å². The molecule has 1 heterocycles. The minimum Gasteiger partial charge on any atom is -0.496 e. The van der Waals surface area contributed by atoms with Crippen LogP contribution >= 0.6 is 24.0 Å². The van der Waals surface area contributed by atoms with Gasteiger partial charge in [-0.15, -0.1) is 12.4 Å². The molecule has 3 rings (SSSR count). The summed E-state index contributed by atoms with van der Waals surface area (Å²) in [5.74, 6) is 1.01. The topological polar surface area (TPSA) is 12.5 Å². The van der Waals surface area contributed by atoms with Gasteiger partial charge >= 0.3 is 0 Å². The molecule has 0 radical (unpaired) electrons. The number of nitrogens with zero attached hydrogens (tertiary/aromatic N) is 1. The zero-order valence-electron chi connectivity index (χ0n) is 11.3. The Morgan fingerprint density at radius 2 is 1.95 bits per heavy atom. The molecular formula is C15H21Cl2NO. The maximum absolute atomic E-state index is 6.46. The Morgan fingerprint density at radius 3 is 2.63 bits per heavy atom. The van der Waals surface area contributed by atoms with Crippen molar-refractivity contribution in [3.8, 4) is 5.75 Å². The van der Waals surface area contributed by atoms with Gasteiger partial charge in [0.05, 0.1) is 7.11 Å². The molecule has 1 atom stereocenters. The molecule has 0 saturated carbocycles. The molecule has 0 aromatic heterocycles. The molecule has 1 aliphatic carbocycles. The summed E-state index contributed by atoms with van der Waals surface area (Å²) in [6.07, 6.45) is 6.23. The maximum atomic E-state index is 6.46. The Kier molecular flexibility index (Phi) is 4.99. The Labute approximate surface area is 126 Å². The van der Waals surface area contributed by atoms with Crippen LogP contribution in [-0.4, -0.2) is 25.1 Å². The molecule has 1 aromatic carbocycles. The van der Waals surface area contributed by atoms with Crippen LogP contribution in [0.4, 0.5) is 0 Å². The van der Waals surface area contributed by atoms with Gasteiger partial charge in [0.25, 0.3) is 0 Å². The highest BCUT2D eigenvalue weighted by molar-refractivity contribution is 6.31. The second-order valence-corrected chi connectivity index (χ2v) is 5.70. The van der Waals surface area contributed by atoms with E-state index in [4.69, 9.17) is 16.3 Å². The molecule has 0 bridgehead atoms. The van der Waals surface area contributed by atoms with Crippen molar-refractivity contribution in [2.24, 2.45) is 0 Å². The van der Waals surface area contributed by atoms with Gasteiger partial charge in [0.1, 0.15) is 5.75 Å². The largest absolute Gasteiger partial charge is 0.496 e. The predicted molar refractivity (Wildman–Crippen MR) is 81.7 cm³/mol. The highest BCUT2D eigenvalue weighted by Gasteiger charge is 2.31. The van der Waals surface area contributed by atoms with Crippen molar-refractivity contribution >= 4 is 24.0 Å². The number of methoxy groups -OCH3 is 1. The van der Waals surface area contributed by atoms with Crippen molar-refractivity contribution in [1.29, 1.82) is 0 Å². The lowest BCUT2D eigenvalue weighted by molar-refractivity contribution is 0.220. The number of fused-ring (bicyclic) bond motifs is 1. The fourth-order valence-corrected chi connectivity index (χ4v) is 3.76. The molecule has 0 spiro atoms. The number of ether oxygens (including phenoxy) is 1. The van der Waals surface area contributed by atoms with E-state index in [9.17, 15) is 0 Å². The second-order valence-electron chi connectivity index (χ2n) is 5.29. The van der Waals surface area contributed by atoms with Gasteiger partial charge in [-0.2, -0.15) is 0 Å². The van der Waals surface area contributed by atoms with Gasteiger partial charge < -0.3 is 4.74 Å². The Hall–Kier alpha value is -0.440. The van der Waals surface area contributed by atoms with Crippen molar-refractivity contribution in [2.75, 3.05) is 20.2 Å². The predicted octanol–water partition coefficient (Wildman–Crippen LogP) is 4.24. The monoisotopic (exact) mass is 301 g/mol. The summed E-state index contributed by atoms with van der Waals surface area (Å²) in [6, 6.07) is 4.51. The number of hydrogen-bond acceptors (Lipinski definition) is 2. The number of benzene rings is 1. The SMILES string of the molecule is COc1ccc(Cl)c2c1CCC[C@@H]2N1CCCC1.Cl.